The number of anilines is 2. The second-order valence-electron chi connectivity index (χ2n) is 7.12. The first kappa shape index (κ1) is 21.5. The summed E-state index contributed by atoms with van der Waals surface area (Å²) in [4.78, 5) is 28.0. The van der Waals surface area contributed by atoms with E-state index in [1.807, 2.05) is 73.5 Å². The molecule has 2 aromatic rings. The minimum atomic E-state index is -0.902. The van der Waals surface area contributed by atoms with Gasteiger partial charge in [-0.05, 0) is 63.2 Å². The fourth-order valence-corrected chi connectivity index (χ4v) is 6.59. The number of benzene rings is 2. The smallest absolute Gasteiger partial charge is 0.365 e. The number of para-hydroxylation sites is 2. The maximum atomic E-state index is 12.7. The Labute approximate surface area is 190 Å². The van der Waals surface area contributed by atoms with Gasteiger partial charge in [0.2, 0.25) is 9.37 Å². The molecule has 8 heteroatoms. The van der Waals surface area contributed by atoms with Crippen molar-refractivity contribution in [2.24, 2.45) is 5.10 Å². The van der Waals surface area contributed by atoms with Crippen LogP contribution in [-0.2, 0) is 14.3 Å². The van der Waals surface area contributed by atoms with Gasteiger partial charge in [0.15, 0.2) is 5.78 Å². The molecule has 160 valence electrons. The molecule has 0 aliphatic carbocycles. The van der Waals surface area contributed by atoms with Crippen molar-refractivity contribution in [3.05, 3.63) is 70.8 Å². The van der Waals surface area contributed by atoms with Crippen LogP contribution in [0.25, 0.3) is 0 Å². The minimum Gasteiger partial charge on any atom is -0.461 e. The Morgan fingerprint density at radius 2 is 1.71 bits per heavy atom. The monoisotopic (exact) mass is 453 g/mol. The van der Waals surface area contributed by atoms with E-state index >= 15 is 0 Å². The Kier molecular flexibility index (Phi) is 5.85. The van der Waals surface area contributed by atoms with E-state index in [-0.39, 0.29) is 17.4 Å². The second kappa shape index (κ2) is 8.43. The van der Waals surface area contributed by atoms with Crippen molar-refractivity contribution in [3.63, 3.8) is 0 Å². The summed E-state index contributed by atoms with van der Waals surface area (Å²) in [6.07, 6.45) is 0. The lowest BCUT2D eigenvalue weighted by Crippen LogP contribution is -2.49. The fraction of sp³-hybridized carbons (Fsp3) is 0.261. The average Bonchev–Trinajstić information content (AvgIpc) is 3.27. The van der Waals surface area contributed by atoms with Crippen molar-refractivity contribution in [2.75, 3.05) is 16.5 Å². The summed E-state index contributed by atoms with van der Waals surface area (Å²) in [6, 6.07) is 17.7. The van der Waals surface area contributed by atoms with Crippen LogP contribution in [-0.4, -0.2) is 27.7 Å². The van der Waals surface area contributed by atoms with Crippen LogP contribution in [0.3, 0.4) is 0 Å². The summed E-state index contributed by atoms with van der Waals surface area (Å²) in [5.74, 6) is -0.485. The van der Waals surface area contributed by atoms with Gasteiger partial charge in [0.25, 0.3) is 0 Å². The highest BCUT2D eigenvalue weighted by molar-refractivity contribution is 8.29. The summed E-state index contributed by atoms with van der Waals surface area (Å²) >= 11 is 2.72. The lowest BCUT2D eigenvalue weighted by atomic mass is 10.2. The Morgan fingerprint density at radius 1 is 1.03 bits per heavy atom. The van der Waals surface area contributed by atoms with E-state index in [1.165, 1.54) is 23.5 Å². The Morgan fingerprint density at radius 3 is 2.35 bits per heavy atom. The van der Waals surface area contributed by atoms with E-state index in [2.05, 4.69) is 4.90 Å². The van der Waals surface area contributed by atoms with Gasteiger partial charge in [-0.25, -0.2) is 9.80 Å². The normalized spacial score (nSPS) is 20.5. The molecule has 2 aliphatic heterocycles. The molecule has 0 saturated heterocycles. The number of hydrogen-bond donors (Lipinski definition) is 0. The van der Waals surface area contributed by atoms with Crippen LogP contribution in [0.2, 0.25) is 0 Å². The molecule has 4 rings (SSSR count). The number of esters is 1. The number of Topliss-reactive ketones (excluding diaryl/α,β-unsaturated/α-hetero) is 1. The summed E-state index contributed by atoms with van der Waals surface area (Å²) in [5, 5.41) is 6.82. The molecule has 6 nitrogen and oxygen atoms in total. The summed E-state index contributed by atoms with van der Waals surface area (Å²) < 4.78 is 4.36. The van der Waals surface area contributed by atoms with Crippen LogP contribution < -0.4 is 9.91 Å². The third kappa shape index (κ3) is 3.64. The molecular weight excluding hydrogens is 430 g/mol. The lowest BCUT2D eigenvalue weighted by Gasteiger charge is -2.41. The van der Waals surface area contributed by atoms with Gasteiger partial charge >= 0.3 is 5.97 Å². The average molecular weight is 454 g/mol. The van der Waals surface area contributed by atoms with Gasteiger partial charge in [0, 0.05) is 11.4 Å². The quantitative estimate of drug-likeness (QED) is 0.583. The van der Waals surface area contributed by atoms with Gasteiger partial charge in [-0.1, -0.05) is 48.2 Å². The van der Waals surface area contributed by atoms with Crippen LogP contribution >= 0.6 is 23.5 Å². The SMILES string of the molecule is CCOC(=O)C1=NN(c2ccccc2C)[C@@]2(S1)SC(C(C)=O)=C(C)N2c1ccccc1. The van der Waals surface area contributed by atoms with Gasteiger partial charge in [-0.3, -0.25) is 4.79 Å². The number of aryl methyl sites for hydroxylation is 1. The molecule has 0 fully saturated rings. The molecule has 31 heavy (non-hydrogen) atoms. The molecule has 2 heterocycles. The maximum absolute atomic E-state index is 12.7. The first-order valence-corrected chi connectivity index (χ1v) is 11.6. The standard InChI is InChI=1S/C23H23N3O3S2/c1-5-29-22(28)21-24-26(19-14-10-9-11-15(19)2)23(31-21)25(18-12-7-6-8-13-18)16(3)20(30-23)17(4)27/h6-14H,5H2,1-4H3/t23-/m1/s1. The Hall–Kier alpha value is -2.71. The number of rotatable bonds is 5. The number of ketones is 1. The first-order valence-electron chi connectivity index (χ1n) is 9.95. The number of hydrogen-bond acceptors (Lipinski definition) is 8. The van der Waals surface area contributed by atoms with E-state index in [0.717, 1.165) is 22.6 Å². The van der Waals surface area contributed by atoms with Gasteiger partial charge in [-0.15, -0.1) is 0 Å². The zero-order valence-electron chi connectivity index (χ0n) is 17.8. The third-order valence-electron chi connectivity index (χ3n) is 5.00. The molecule has 1 spiro atoms. The lowest BCUT2D eigenvalue weighted by molar-refractivity contribution is -0.134. The van der Waals surface area contributed by atoms with Crippen molar-refractivity contribution >= 4 is 51.7 Å². The van der Waals surface area contributed by atoms with Gasteiger partial charge < -0.3 is 9.64 Å². The zero-order valence-corrected chi connectivity index (χ0v) is 19.4. The molecule has 0 radical (unpaired) electrons. The van der Waals surface area contributed by atoms with Crippen LogP contribution in [0, 0.1) is 6.92 Å². The van der Waals surface area contributed by atoms with Crippen LogP contribution in [0.1, 0.15) is 26.3 Å². The number of carbonyl (C=O) groups excluding carboxylic acids is 2. The first-order chi connectivity index (χ1) is 14.9. The predicted octanol–water partition coefficient (Wildman–Crippen LogP) is 5.11. The highest BCUT2D eigenvalue weighted by Gasteiger charge is 2.58. The number of hydrazone groups is 1. The molecule has 0 unspecified atom stereocenters. The highest BCUT2D eigenvalue weighted by atomic mass is 32.2. The van der Waals surface area contributed by atoms with E-state index in [0.29, 0.717) is 4.91 Å². The molecule has 2 aromatic carbocycles. The Bertz CT molecular complexity index is 1100. The van der Waals surface area contributed by atoms with Crippen molar-refractivity contribution in [1.29, 1.82) is 0 Å². The molecule has 0 bridgehead atoms. The van der Waals surface area contributed by atoms with Crippen LogP contribution in [0.4, 0.5) is 11.4 Å². The van der Waals surface area contributed by atoms with Crippen molar-refractivity contribution in [2.45, 2.75) is 32.0 Å². The molecule has 0 N–H and O–H groups in total. The molecule has 0 aromatic heterocycles. The predicted molar refractivity (Wildman–Crippen MR) is 128 cm³/mol. The van der Waals surface area contributed by atoms with Gasteiger partial charge in [0.05, 0.1) is 17.2 Å². The largest absolute Gasteiger partial charge is 0.461 e. The summed E-state index contributed by atoms with van der Waals surface area (Å²) in [7, 11) is 0. The minimum absolute atomic E-state index is 0.0183. The van der Waals surface area contributed by atoms with E-state index < -0.39 is 10.3 Å². The van der Waals surface area contributed by atoms with E-state index in [4.69, 9.17) is 9.84 Å². The second-order valence-corrected chi connectivity index (χ2v) is 9.72. The van der Waals surface area contributed by atoms with Crippen molar-refractivity contribution in [3.8, 4) is 0 Å². The van der Waals surface area contributed by atoms with Crippen molar-refractivity contribution in [1.82, 2.24) is 0 Å². The third-order valence-corrected chi connectivity index (χ3v) is 7.97. The van der Waals surface area contributed by atoms with Crippen molar-refractivity contribution < 1.29 is 14.3 Å². The Balaban J connectivity index is 1.91. The maximum Gasteiger partial charge on any atom is 0.365 e. The van der Waals surface area contributed by atoms with E-state index in [1.54, 1.807) is 13.8 Å². The zero-order chi connectivity index (χ0) is 22.2. The highest BCUT2D eigenvalue weighted by Crippen LogP contribution is 2.60. The number of ether oxygens (including phenoxy) is 1. The van der Waals surface area contributed by atoms with Crippen LogP contribution in [0.15, 0.2) is 70.3 Å². The number of nitrogens with zero attached hydrogens (tertiary/aromatic N) is 3. The number of carbonyl (C=O) groups is 2. The van der Waals surface area contributed by atoms with Gasteiger partial charge in [-0.2, -0.15) is 5.10 Å². The summed E-state index contributed by atoms with van der Waals surface area (Å²) in [5.41, 5.74) is 3.62. The van der Waals surface area contributed by atoms with Gasteiger partial charge in [0.1, 0.15) is 0 Å². The fourth-order valence-electron chi connectivity index (χ4n) is 3.66. The number of allylic oxidation sites excluding steroid dienone is 2. The molecular formula is C23H23N3O3S2. The topological polar surface area (TPSA) is 62.2 Å². The molecule has 1 atom stereocenters. The van der Waals surface area contributed by atoms with Crippen LogP contribution in [0.5, 0.6) is 0 Å². The number of thioether (sulfide) groups is 2. The van der Waals surface area contributed by atoms with E-state index in [9.17, 15) is 9.59 Å². The molecule has 0 saturated carbocycles. The molecule has 2 aliphatic rings. The summed E-state index contributed by atoms with van der Waals surface area (Å²) in [6.45, 7) is 7.54. The molecule has 0 amide bonds.